The lowest BCUT2D eigenvalue weighted by atomic mass is 10.0. The predicted octanol–water partition coefficient (Wildman–Crippen LogP) is 2.65. The molecule has 20 heavy (non-hydrogen) atoms. The van der Waals surface area contributed by atoms with E-state index in [-0.39, 0.29) is 4.90 Å². The van der Waals surface area contributed by atoms with Crippen LogP contribution < -0.4 is 10.5 Å². The molecule has 1 fully saturated rings. The van der Waals surface area contributed by atoms with Gasteiger partial charge in [-0.25, -0.2) is 13.1 Å². The van der Waals surface area contributed by atoms with Gasteiger partial charge in [-0.15, -0.1) is 0 Å². The van der Waals surface area contributed by atoms with Gasteiger partial charge in [-0.2, -0.15) is 11.8 Å². The molecule has 0 aliphatic carbocycles. The number of thioether (sulfide) groups is 1. The van der Waals surface area contributed by atoms with Gasteiger partial charge in [0.15, 0.2) is 0 Å². The Bertz CT molecular complexity index is 561. The molecule has 112 valence electrons. The Labute approximate surface area is 129 Å². The zero-order chi connectivity index (χ0) is 14.8. The van der Waals surface area contributed by atoms with E-state index < -0.39 is 10.0 Å². The molecule has 0 spiro atoms. The molecule has 0 aromatic heterocycles. The summed E-state index contributed by atoms with van der Waals surface area (Å²) in [6, 6.07) is 2.96. The lowest BCUT2D eigenvalue weighted by Crippen LogP contribution is -2.31. The number of nitrogens with two attached hydrogens (primary N) is 1. The van der Waals surface area contributed by atoms with Gasteiger partial charge in [0.1, 0.15) is 0 Å². The summed E-state index contributed by atoms with van der Waals surface area (Å²) in [5.41, 5.74) is 6.69. The van der Waals surface area contributed by atoms with Crippen LogP contribution in [-0.2, 0) is 10.0 Å². The number of aryl methyl sites for hydroxylation is 1. The van der Waals surface area contributed by atoms with E-state index in [9.17, 15) is 8.42 Å². The Morgan fingerprint density at radius 1 is 1.40 bits per heavy atom. The number of nitrogen functional groups attached to an aromatic ring is 1. The summed E-state index contributed by atoms with van der Waals surface area (Å²) in [6.45, 7) is 2.24. The van der Waals surface area contributed by atoms with Crippen LogP contribution in [0, 0.1) is 12.8 Å². The fraction of sp³-hybridized carbons (Fsp3) is 0.538. The van der Waals surface area contributed by atoms with Crippen LogP contribution in [0.15, 0.2) is 17.0 Å². The molecule has 0 saturated carbocycles. The minimum absolute atomic E-state index is 0.182. The van der Waals surface area contributed by atoms with Crippen molar-refractivity contribution in [1.29, 1.82) is 0 Å². The van der Waals surface area contributed by atoms with Crippen molar-refractivity contribution < 1.29 is 8.42 Å². The Balaban J connectivity index is 2.10. The van der Waals surface area contributed by atoms with Gasteiger partial charge in [-0.1, -0.05) is 11.6 Å². The summed E-state index contributed by atoms with van der Waals surface area (Å²) in [7, 11) is -3.52. The molecule has 0 radical (unpaired) electrons. The van der Waals surface area contributed by atoms with Crippen LogP contribution in [0.1, 0.15) is 18.4 Å². The average Bonchev–Trinajstić information content (AvgIpc) is 2.43. The van der Waals surface area contributed by atoms with Gasteiger partial charge in [0.2, 0.25) is 10.0 Å². The normalized spacial score (nSPS) is 17.3. The number of halogens is 1. The van der Waals surface area contributed by atoms with Crippen LogP contribution in [-0.4, -0.2) is 26.5 Å². The molecular weight excluding hydrogens is 316 g/mol. The molecule has 0 amide bonds. The molecule has 0 unspecified atom stereocenters. The van der Waals surface area contributed by atoms with Gasteiger partial charge < -0.3 is 5.73 Å². The second kappa shape index (κ2) is 6.56. The second-order valence-electron chi connectivity index (χ2n) is 5.05. The third-order valence-electron chi connectivity index (χ3n) is 3.47. The Morgan fingerprint density at radius 3 is 2.65 bits per heavy atom. The average molecular weight is 335 g/mol. The summed E-state index contributed by atoms with van der Waals surface area (Å²) in [5, 5.41) is 0.410. The molecule has 0 atom stereocenters. The molecule has 1 aliphatic heterocycles. The van der Waals surface area contributed by atoms with Gasteiger partial charge in [0.25, 0.3) is 0 Å². The molecule has 3 N–H and O–H groups in total. The lowest BCUT2D eigenvalue weighted by Gasteiger charge is -2.21. The summed E-state index contributed by atoms with van der Waals surface area (Å²) < 4.78 is 27.2. The standard InChI is InChI=1S/C13H19ClN2O2S2/c1-9-6-11(7-12(15)13(9)14)20(17,18)16-8-10-2-4-19-5-3-10/h6-7,10,16H,2-5,8,15H2,1H3. The van der Waals surface area contributed by atoms with Crippen molar-refractivity contribution in [3.05, 3.63) is 22.7 Å². The molecule has 4 nitrogen and oxygen atoms in total. The molecule has 0 bridgehead atoms. The minimum atomic E-state index is -3.52. The molecule has 1 aromatic rings. The first-order chi connectivity index (χ1) is 9.40. The number of sulfonamides is 1. The van der Waals surface area contributed by atoms with Crippen molar-refractivity contribution in [2.24, 2.45) is 5.92 Å². The number of benzene rings is 1. The van der Waals surface area contributed by atoms with Crippen LogP contribution in [0.5, 0.6) is 0 Å². The van der Waals surface area contributed by atoms with E-state index in [1.54, 1.807) is 13.0 Å². The molecule has 1 aliphatic rings. The highest BCUT2D eigenvalue weighted by Crippen LogP contribution is 2.27. The van der Waals surface area contributed by atoms with Crippen molar-refractivity contribution in [2.45, 2.75) is 24.7 Å². The van der Waals surface area contributed by atoms with Gasteiger partial charge in [0, 0.05) is 6.54 Å². The highest BCUT2D eigenvalue weighted by atomic mass is 35.5. The molecule has 1 aromatic carbocycles. The van der Waals surface area contributed by atoms with Gasteiger partial charge in [-0.3, -0.25) is 0 Å². The van der Waals surface area contributed by atoms with Gasteiger partial charge in [-0.05, 0) is 54.9 Å². The van der Waals surface area contributed by atoms with Crippen molar-refractivity contribution >= 4 is 39.1 Å². The Kier molecular flexibility index (Phi) is 5.23. The molecule has 7 heteroatoms. The highest BCUT2D eigenvalue weighted by molar-refractivity contribution is 7.99. The maximum absolute atomic E-state index is 12.3. The first-order valence-electron chi connectivity index (χ1n) is 6.53. The topological polar surface area (TPSA) is 72.2 Å². The van der Waals surface area contributed by atoms with Crippen LogP contribution in [0.25, 0.3) is 0 Å². The van der Waals surface area contributed by atoms with Crippen molar-refractivity contribution in [2.75, 3.05) is 23.8 Å². The third kappa shape index (κ3) is 3.81. The quantitative estimate of drug-likeness (QED) is 0.830. The van der Waals surface area contributed by atoms with E-state index in [1.807, 2.05) is 11.8 Å². The smallest absolute Gasteiger partial charge is 0.240 e. The summed E-state index contributed by atoms with van der Waals surface area (Å²) in [4.78, 5) is 0.182. The van der Waals surface area contributed by atoms with E-state index in [1.165, 1.54) is 6.07 Å². The van der Waals surface area contributed by atoms with E-state index in [4.69, 9.17) is 17.3 Å². The van der Waals surface area contributed by atoms with E-state index >= 15 is 0 Å². The summed E-state index contributed by atoms with van der Waals surface area (Å²) in [6.07, 6.45) is 2.13. The SMILES string of the molecule is Cc1cc(S(=O)(=O)NCC2CCSCC2)cc(N)c1Cl. The monoisotopic (exact) mass is 334 g/mol. The number of nitrogens with one attached hydrogen (secondary N) is 1. The summed E-state index contributed by atoms with van der Waals surface area (Å²) >= 11 is 7.88. The maximum atomic E-state index is 12.3. The van der Waals surface area contributed by atoms with E-state index in [0.29, 0.717) is 28.7 Å². The minimum Gasteiger partial charge on any atom is -0.397 e. The molecular formula is C13H19ClN2O2S2. The predicted molar refractivity (Wildman–Crippen MR) is 85.8 cm³/mol. The molecule has 1 saturated heterocycles. The Hall–Kier alpha value is -0.430. The van der Waals surface area contributed by atoms with Crippen LogP contribution in [0.4, 0.5) is 5.69 Å². The highest BCUT2D eigenvalue weighted by Gasteiger charge is 2.20. The molecule has 1 heterocycles. The number of anilines is 1. The van der Waals surface area contributed by atoms with Crippen LogP contribution in [0.3, 0.4) is 0 Å². The zero-order valence-electron chi connectivity index (χ0n) is 11.4. The van der Waals surface area contributed by atoms with Crippen LogP contribution in [0.2, 0.25) is 5.02 Å². The largest absolute Gasteiger partial charge is 0.397 e. The Morgan fingerprint density at radius 2 is 2.05 bits per heavy atom. The van der Waals surface area contributed by atoms with Crippen molar-refractivity contribution in [3.8, 4) is 0 Å². The van der Waals surface area contributed by atoms with Gasteiger partial charge in [0.05, 0.1) is 15.6 Å². The fourth-order valence-corrected chi connectivity index (χ4v) is 4.73. The maximum Gasteiger partial charge on any atom is 0.240 e. The van der Waals surface area contributed by atoms with E-state index in [2.05, 4.69) is 4.72 Å². The second-order valence-corrected chi connectivity index (χ2v) is 8.42. The lowest BCUT2D eigenvalue weighted by molar-refractivity contribution is 0.476. The summed E-state index contributed by atoms with van der Waals surface area (Å²) in [5.74, 6) is 2.65. The van der Waals surface area contributed by atoms with Gasteiger partial charge >= 0.3 is 0 Å². The first-order valence-corrected chi connectivity index (χ1v) is 9.55. The van der Waals surface area contributed by atoms with Crippen molar-refractivity contribution in [3.63, 3.8) is 0 Å². The number of rotatable bonds is 4. The zero-order valence-corrected chi connectivity index (χ0v) is 13.7. The number of hydrogen-bond donors (Lipinski definition) is 2. The van der Waals surface area contributed by atoms with Crippen molar-refractivity contribution in [1.82, 2.24) is 4.72 Å². The third-order valence-corrected chi connectivity index (χ3v) is 6.44. The molecule has 2 rings (SSSR count). The van der Waals surface area contributed by atoms with E-state index in [0.717, 1.165) is 24.3 Å². The fourth-order valence-electron chi connectivity index (χ4n) is 2.18. The van der Waals surface area contributed by atoms with Crippen LogP contribution >= 0.6 is 23.4 Å². The first kappa shape index (κ1) is 15.9. The number of hydrogen-bond acceptors (Lipinski definition) is 4.